The van der Waals surface area contributed by atoms with Gasteiger partial charge in [0.2, 0.25) is 0 Å². The zero-order valence-corrected chi connectivity index (χ0v) is 23.8. The molecule has 1 amide bonds. The predicted octanol–water partition coefficient (Wildman–Crippen LogP) is 7.94. The van der Waals surface area contributed by atoms with E-state index in [9.17, 15) is 23.1 Å². The maximum absolute atomic E-state index is 14.0. The van der Waals surface area contributed by atoms with Crippen molar-refractivity contribution < 1.29 is 23.1 Å². The second kappa shape index (κ2) is 11.5. The Morgan fingerprint density at radius 2 is 1.61 bits per heavy atom. The number of hydrogen-bond acceptors (Lipinski definition) is 3. The zero-order chi connectivity index (χ0) is 29.4. The molecular weight excluding hydrogens is 574 g/mol. The number of aliphatic hydroxyl groups is 1. The molecule has 0 atom stereocenters. The fourth-order valence-corrected chi connectivity index (χ4v) is 5.62. The van der Waals surface area contributed by atoms with E-state index in [1.807, 2.05) is 41.8 Å². The Balaban J connectivity index is 1.48. The van der Waals surface area contributed by atoms with Crippen molar-refractivity contribution in [3.8, 4) is 17.1 Å². The number of benzene rings is 3. The first-order valence-corrected chi connectivity index (χ1v) is 14.1. The van der Waals surface area contributed by atoms with Gasteiger partial charge in [0.25, 0.3) is 5.91 Å². The van der Waals surface area contributed by atoms with Crippen LogP contribution in [0.4, 0.5) is 13.2 Å². The van der Waals surface area contributed by atoms with Gasteiger partial charge in [-0.2, -0.15) is 13.2 Å². The van der Waals surface area contributed by atoms with Gasteiger partial charge in [-0.05, 0) is 73.4 Å². The van der Waals surface area contributed by atoms with Crippen LogP contribution in [-0.4, -0.2) is 38.6 Å². The molecule has 1 saturated heterocycles. The lowest BCUT2D eigenvalue weighted by Gasteiger charge is -2.38. The van der Waals surface area contributed by atoms with Crippen LogP contribution >= 0.6 is 23.2 Å². The summed E-state index contributed by atoms with van der Waals surface area (Å²) in [5, 5.41) is 12.4. The molecule has 0 spiro atoms. The summed E-state index contributed by atoms with van der Waals surface area (Å²) < 4.78 is 41.0. The first-order chi connectivity index (χ1) is 19.5. The van der Waals surface area contributed by atoms with Gasteiger partial charge in [0.05, 0.1) is 21.9 Å². The molecule has 214 valence electrons. The number of carbonyl (C=O) groups excluding carboxylic acids is 1. The third-order valence-corrected chi connectivity index (χ3v) is 8.07. The van der Waals surface area contributed by atoms with E-state index in [0.717, 1.165) is 29.9 Å². The van der Waals surface area contributed by atoms with Gasteiger partial charge >= 0.3 is 6.18 Å². The summed E-state index contributed by atoms with van der Waals surface area (Å²) >= 11 is 12.7. The van der Waals surface area contributed by atoms with Gasteiger partial charge < -0.3 is 10.0 Å². The van der Waals surface area contributed by atoms with E-state index in [-0.39, 0.29) is 31.8 Å². The molecule has 0 aliphatic carbocycles. The van der Waals surface area contributed by atoms with Crippen molar-refractivity contribution in [2.45, 2.75) is 44.4 Å². The number of alkyl halides is 3. The molecule has 0 saturated carbocycles. The number of rotatable bonds is 6. The number of imidazole rings is 1. The SMILES string of the molecule is CCCc1c(C(=O)N2CCC(O)(c3ccc(C(F)(F)F)cc3)CC2)nc(-c2ccccc2Cl)n1-c1ccc(Cl)cc1. The van der Waals surface area contributed by atoms with Crippen LogP contribution in [0.25, 0.3) is 17.1 Å². The van der Waals surface area contributed by atoms with Crippen molar-refractivity contribution in [1.29, 1.82) is 0 Å². The number of amides is 1. The van der Waals surface area contributed by atoms with E-state index in [2.05, 4.69) is 0 Å². The monoisotopic (exact) mass is 601 g/mol. The molecule has 1 aromatic heterocycles. The highest BCUT2D eigenvalue weighted by molar-refractivity contribution is 6.33. The number of halogens is 5. The normalized spacial score (nSPS) is 15.2. The molecule has 1 N–H and O–H groups in total. The van der Waals surface area contributed by atoms with E-state index in [0.29, 0.717) is 39.1 Å². The lowest BCUT2D eigenvalue weighted by atomic mass is 9.84. The molecule has 0 bridgehead atoms. The van der Waals surface area contributed by atoms with E-state index in [4.69, 9.17) is 28.2 Å². The van der Waals surface area contributed by atoms with Crippen molar-refractivity contribution in [1.82, 2.24) is 14.5 Å². The Kier molecular flexibility index (Phi) is 8.19. The molecule has 5 nitrogen and oxygen atoms in total. The van der Waals surface area contributed by atoms with Crippen LogP contribution in [0.3, 0.4) is 0 Å². The molecule has 0 unspecified atom stereocenters. The highest BCUT2D eigenvalue weighted by Gasteiger charge is 2.38. The lowest BCUT2D eigenvalue weighted by molar-refractivity contribution is -0.137. The summed E-state index contributed by atoms with van der Waals surface area (Å²) in [5.74, 6) is 0.256. The molecule has 41 heavy (non-hydrogen) atoms. The number of hydrogen-bond donors (Lipinski definition) is 1. The molecule has 10 heteroatoms. The first-order valence-electron chi connectivity index (χ1n) is 13.3. The number of nitrogens with zero attached hydrogens (tertiary/aromatic N) is 3. The first kappa shape index (κ1) is 29.2. The third-order valence-electron chi connectivity index (χ3n) is 7.49. The quantitative estimate of drug-likeness (QED) is 0.244. The van der Waals surface area contributed by atoms with Crippen LogP contribution in [0.1, 0.15) is 53.5 Å². The fraction of sp³-hybridized carbons (Fsp3) is 0.290. The van der Waals surface area contributed by atoms with Crippen molar-refractivity contribution in [3.05, 3.63) is 105 Å². The zero-order valence-electron chi connectivity index (χ0n) is 22.3. The Morgan fingerprint density at radius 3 is 2.20 bits per heavy atom. The van der Waals surface area contributed by atoms with E-state index in [1.165, 1.54) is 12.1 Å². The summed E-state index contributed by atoms with van der Waals surface area (Å²) in [6, 6.07) is 19.1. The van der Waals surface area contributed by atoms with Gasteiger partial charge in [0, 0.05) is 29.4 Å². The van der Waals surface area contributed by atoms with Crippen molar-refractivity contribution in [2.24, 2.45) is 0 Å². The molecular formula is C31H28Cl2F3N3O2. The van der Waals surface area contributed by atoms with Crippen LogP contribution < -0.4 is 0 Å². The summed E-state index contributed by atoms with van der Waals surface area (Å²) in [6.45, 7) is 2.46. The van der Waals surface area contributed by atoms with Crippen LogP contribution in [-0.2, 0) is 18.2 Å². The van der Waals surface area contributed by atoms with Crippen molar-refractivity contribution in [2.75, 3.05) is 13.1 Å². The Morgan fingerprint density at radius 1 is 0.976 bits per heavy atom. The smallest absolute Gasteiger partial charge is 0.385 e. The van der Waals surface area contributed by atoms with E-state index in [1.54, 1.807) is 23.1 Å². The van der Waals surface area contributed by atoms with Crippen LogP contribution in [0.5, 0.6) is 0 Å². The maximum atomic E-state index is 14.0. The van der Waals surface area contributed by atoms with Crippen LogP contribution in [0, 0.1) is 0 Å². The number of aromatic nitrogens is 2. The molecule has 2 heterocycles. The second-order valence-electron chi connectivity index (χ2n) is 10.2. The number of piperidine rings is 1. The van der Waals surface area contributed by atoms with Gasteiger partial charge in [-0.25, -0.2) is 4.98 Å². The standard InChI is InChI=1S/C31H28Cl2F3N3O2/c1-2-5-26-27(37-28(24-6-3-4-7-25(24)33)39(26)23-14-12-22(32)13-15-23)29(40)38-18-16-30(41,17-19-38)20-8-10-21(11-9-20)31(34,35)36/h3-4,6-15,41H,2,5,16-19H2,1H3. The topological polar surface area (TPSA) is 58.4 Å². The summed E-state index contributed by atoms with van der Waals surface area (Å²) in [5.41, 5.74) is 0.794. The Hall–Kier alpha value is -3.33. The summed E-state index contributed by atoms with van der Waals surface area (Å²) in [6.07, 6.45) is -2.75. The minimum absolute atomic E-state index is 0.183. The van der Waals surface area contributed by atoms with Crippen LogP contribution in [0.2, 0.25) is 10.0 Å². The van der Waals surface area contributed by atoms with E-state index < -0.39 is 17.3 Å². The minimum atomic E-state index is -4.45. The fourth-order valence-electron chi connectivity index (χ4n) is 5.27. The van der Waals surface area contributed by atoms with E-state index >= 15 is 0 Å². The Bertz CT molecular complexity index is 1540. The highest BCUT2D eigenvalue weighted by Crippen LogP contribution is 2.37. The van der Waals surface area contributed by atoms with Crippen LogP contribution in [0.15, 0.2) is 72.8 Å². The second-order valence-corrected chi connectivity index (χ2v) is 11.0. The van der Waals surface area contributed by atoms with Gasteiger partial charge in [-0.15, -0.1) is 0 Å². The van der Waals surface area contributed by atoms with Gasteiger partial charge in [0.15, 0.2) is 5.69 Å². The molecule has 0 radical (unpaired) electrons. The summed E-state index contributed by atoms with van der Waals surface area (Å²) in [4.78, 5) is 20.4. The molecule has 1 fully saturated rings. The summed E-state index contributed by atoms with van der Waals surface area (Å²) in [7, 11) is 0. The average molecular weight is 602 g/mol. The van der Waals surface area contributed by atoms with Gasteiger partial charge in [-0.1, -0.05) is 60.8 Å². The number of carbonyl (C=O) groups is 1. The molecule has 3 aromatic carbocycles. The average Bonchev–Trinajstić information content (AvgIpc) is 3.32. The largest absolute Gasteiger partial charge is 0.416 e. The Labute approximate surface area is 246 Å². The third kappa shape index (κ3) is 5.87. The lowest BCUT2D eigenvalue weighted by Crippen LogP contribution is -2.45. The molecule has 4 aromatic rings. The molecule has 5 rings (SSSR count). The minimum Gasteiger partial charge on any atom is -0.385 e. The van der Waals surface area contributed by atoms with Gasteiger partial charge in [-0.3, -0.25) is 9.36 Å². The highest BCUT2D eigenvalue weighted by atomic mass is 35.5. The van der Waals surface area contributed by atoms with Crippen molar-refractivity contribution in [3.63, 3.8) is 0 Å². The van der Waals surface area contributed by atoms with Gasteiger partial charge in [0.1, 0.15) is 5.82 Å². The number of likely N-dealkylation sites (tertiary alicyclic amines) is 1. The molecule has 1 aliphatic heterocycles. The van der Waals surface area contributed by atoms with Crippen molar-refractivity contribution >= 4 is 29.1 Å². The predicted molar refractivity (Wildman–Crippen MR) is 153 cm³/mol. The molecule has 1 aliphatic rings. The maximum Gasteiger partial charge on any atom is 0.416 e.